The van der Waals surface area contributed by atoms with Crippen molar-refractivity contribution in [3.8, 4) is 0 Å². The van der Waals surface area contributed by atoms with Crippen LogP contribution in [0.4, 0.5) is 0 Å². The van der Waals surface area contributed by atoms with Crippen LogP contribution in [0, 0.1) is 5.92 Å². The lowest BCUT2D eigenvalue weighted by Crippen LogP contribution is -2.58. The molecule has 5 atom stereocenters. The predicted molar refractivity (Wildman–Crippen MR) is 153 cm³/mol. The molecule has 0 aliphatic rings. The third kappa shape index (κ3) is 10.2. The van der Waals surface area contributed by atoms with Crippen molar-refractivity contribution < 1.29 is 34.2 Å². The van der Waals surface area contributed by atoms with Crippen LogP contribution in [0.3, 0.4) is 0 Å². The molecule has 13 heteroatoms. The SMILES string of the molecule is CCC(C)C(N)C(=O)NC(CCC(=O)O)C(=O)NC(Cc1c[nH]c2ccccc12)C(=O)NC(CCCCN)C(=O)O. The van der Waals surface area contributed by atoms with Gasteiger partial charge in [-0.25, -0.2) is 4.79 Å². The van der Waals surface area contributed by atoms with Gasteiger partial charge < -0.3 is 42.6 Å². The first-order valence-corrected chi connectivity index (χ1v) is 13.8. The molecule has 2 rings (SSSR count). The zero-order valence-corrected chi connectivity index (χ0v) is 23.5. The molecule has 3 amide bonds. The van der Waals surface area contributed by atoms with Gasteiger partial charge in [0.05, 0.1) is 6.04 Å². The van der Waals surface area contributed by atoms with Crippen LogP contribution in [0.1, 0.15) is 57.9 Å². The van der Waals surface area contributed by atoms with E-state index in [0.717, 1.165) is 10.9 Å². The Hall–Kier alpha value is -3.97. The van der Waals surface area contributed by atoms with Gasteiger partial charge in [0.25, 0.3) is 0 Å². The quantitative estimate of drug-likeness (QED) is 0.116. The number of nitrogens with one attached hydrogen (secondary N) is 4. The molecule has 0 radical (unpaired) electrons. The van der Waals surface area contributed by atoms with E-state index in [-0.39, 0.29) is 25.2 Å². The molecule has 1 heterocycles. The summed E-state index contributed by atoms with van der Waals surface area (Å²) in [5.74, 6) is -4.72. The van der Waals surface area contributed by atoms with Crippen LogP contribution in [0.15, 0.2) is 30.5 Å². The van der Waals surface area contributed by atoms with Crippen LogP contribution >= 0.6 is 0 Å². The third-order valence-electron chi connectivity index (χ3n) is 7.13. The maximum atomic E-state index is 13.4. The Kier molecular flexibility index (Phi) is 13.2. The number of aliphatic carboxylic acids is 2. The summed E-state index contributed by atoms with van der Waals surface area (Å²) in [6, 6.07) is 2.72. The van der Waals surface area contributed by atoms with Gasteiger partial charge in [0, 0.05) is 29.9 Å². The van der Waals surface area contributed by atoms with E-state index in [2.05, 4.69) is 20.9 Å². The number of hydrogen-bond donors (Lipinski definition) is 8. The summed E-state index contributed by atoms with van der Waals surface area (Å²) >= 11 is 0. The van der Waals surface area contributed by atoms with Gasteiger partial charge in [-0.05, 0) is 49.8 Å². The zero-order chi connectivity index (χ0) is 30.5. The first-order valence-electron chi connectivity index (χ1n) is 13.8. The van der Waals surface area contributed by atoms with E-state index in [1.807, 2.05) is 31.2 Å². The van der Waals surface area contributed by atoms with Crippen LogP contribution in [0.2, 0.25) is 0 Å². The van der Waals surface area contributed by atoms with Gasteiger partial charge in [-0.15, -0.1) is 0 Å². The number of H-pyrrole nitrogens is 1. The lowest BCUT2D eigenvalue weighted by molar-refractivity contribution is -0.142. The molecule has 2 aromatic rings. The van der Waals surface area contributed by atoms with E-state index in [1.165, 1.54) is 0 Å². The van der Waals surface area contributed by atoms with Gasteiger partial charge in [-0.1, -0.05) is 38.5 Å². The largest absolute Gasteiger partial charge is 0.481 e. The molecule has 0 bridgehead atoms. The lowest BCUT2D eigenvalue weighted by Gasteiger charge is -2.26. The van der Waals surface area contributed by atoms with Crippen LogP contribution in [0.25, 0.3) is 10.9 Å². The van der Waals surface area contributed by atoms with E-state index >= 15 is 0 Å². The standard InChI is InChI=1S/C28H42N6O7/c1-3-16(2)24(30)27(39)32-20(11-12-23(35)36)25(37)34-22(14-17-15-31-19-9-5-4-8-18(17)19)26(38)33-21(28(40)41)10-6-7-13-29/h4-5,8-9,15-16,20-22,24,31H,3,6-7,10-14,29-30H2,1-2H3,(H,32,39)(H,33,38)(H,34,37)(H,35,36)(H,40,41). The summed E-state index contributed by atoms with van der Waals surface area (Å²) in [7, 11) is 0. The van der Waals surface area contributed by atoms with Crippen molar-refractivity contribution in [3.63, 3.8) is 0 Å². The number of aromatic amines is 1. The number of para-hydroxylation sites is 1. The molecule has 5 unspecified atom stereocenters. The number of benzene rings is 1. The van der Waals surface area contributed by atoms with E-state index in [4.69, 9.17) is 11.5 Å². The molecule has 0 spiro atoms. The van der Waals surface area contributed by atoms with Gasteiger partial charge >= 0.3 is 11.9 Å². The van der Waals surface area contributed by atoms with Gasteiger partial charge in [-0.3, -0.25) is 19.2 Å². The number of carboxylic acid groups (broad SMARTS) is 2. The molecule has 13 nitrogen and oxygen atoms in total. The number of carbonyl (C=O) groups is 5. The Labute approximate surface area is 238 Å². The Bertz CT molecular complexity index is 1200. The van der Waals surface area contributed by atoms with Crippen LogP contribution < -0.4 is 27.4 Å². The minimum absolute atomic E-state index is 0.00268. The number of aromatic nitrogens is 1. The summed E-state index contributed by atoms with van der Waals surface area (Å²) in [5, 5.41) is 27.3. The van der Waals surface area contributed by atoms with Crippen molar-refractivity contribution in [2.45, 2.75) is 83.0 Å². The molecule has 1 aromatic carbocycles. The van der Waals surface area contributed by atoms with Gasteiger partial charge in [0.15, 0.2) is 0 Å². The lowest BCUT2D eigenvalue weighted by atomic mass is 9.98. The molecule has 1 aromatic heterocycles. The summed E-state index contributed by atoms with van der Waals surface area (Å²) in [6.07, 6.45) is 2.87. The Morgan fingerprint density at radius 1 is 0.902 bits per heavy atom. The second-order valence-corrected chi connectivity index (χ2v) is 10.2. The highest BCUT2D eigenvalue weighted by Crippen LogP contribution is 2.19. The second kappa shape index (κ2) is 16.3. The molecule has 226 valence electrons. The van der Waals surface area contributed by atoms with Crippen molar-refractivity contribution in [2.24, 2.45) is 17.4 Å². The van der Waals surface area contributed by atoms with Crippen molar-refractivity contribution in [2.75, 3.05) is 6.54 Å². The number of nitrogens with two attached hydrogens (primary N) is 2. The van der Waals surface area contributed by atoms with Gasteiger partial charge in [-0.2, -0.15) is 0 Å². The molecule has 0 fully saturated rings. The van der Waals surface area contributed by atoms with Crippen molar-refractivity contribution in [1.29, 1.82) is 0 Å². The topological polar surface area (TPSA) is 230 Å². The number of fused-ring (bicyclic) bond motifs is 1. The average molecular weight is 575 g/mol. The fourth-order valence-corrected chi connectivity index (χ4v) is 4.34. The van der Waals surface area contributed by atoms with E-state index < -0.39 is 60.2 Å². The smallest absolute Gasteiger partial charge is 0.326 e. The summed E-state index contributed by atoms with van der Waals surface area (Å²) < 4.78 is 0. The van der Waals surface area contributed by atoms with E-state index in [1.54, 1.807) is 13.1 Å². The van der Waals surface area contributed by atoms with Gasteiger partial charge in [0.2, 0.25) is 17.7 Å². The van der Waals surface area contributed by atoms with Crippen molar-refractivity contribution in [3.05, 3.63) is 36.0 Å². The molecule has 0 aliphatic carbocycles. The van der Waals surface area contributed by atoms with Crippen molar-refractivity contribution in [1.82, 2.24) is 20.9 Å². The first-order chi connectivity index (χ1) is 19.5. The molecule has 0 saturated heterocycles. The summed E-state index contributed by atoms with van der Waals surface area (Å²) in [6.45, 7) is 4.02. The minimum Gasteiger partial charge on any atom is -0.481 e. The normalized spacial score (nSPS) is 14.8. The van der Waals surface area contributed by atoms with E-state index in [9.17, 15) is 34.2 Å². The number of carboxylic acids is 2. The summed E-state index contributed by atoms with van der Waals surface area (Å²) in [4.78, 5) is 65.8. The zero-order valence-electron chi connectivity index (χ0n) is 23.5. The highest BCUT2D eigenvalue weighted by molar-refractivity contribution is 5.95. The van der Waals surface area contributed by atoms with Crippen LogP contribution in [-0.4, -0.2) is 75.6 Å². The average Bonchev–Trinajstić information content (AvgIpc) is 3.35. The number of rotatable bonds is 18. The van der Waals surface area contributed by atoms with Crippen LogP contribution in [0.5, 0.6) is 0 Å². The molecule has 0 saturated carbocycles. The monoisotopic (exact) mass is 574 g/mol. The van der Waals surface area contributed by atoms with Crippen LogP contribution in [-0.2, 0) is 30.4 Å². The van der Waals surface area contributed by atoms with Crippen molar-refractivity contribution >= 4 is 40.6 Å². The molecular formula is C28H42N6O7. The molecule has 10 N–H and O–H groups in total. The third-order valence-corrected chi connectivity index (χ3v) is 7.13. The van der Waals surface area contributed by atoms with E-state index in [0.29, 0.717) is 31.4 Å². The highest BCUT2D eigenvalue weighted by Gasteiger charge is 2.31. The second-order valence-electron chi connectivity index (χ2n) is 10.2. The Morgan fingerprint density at radius 3 is 2.17 bits per heavy atom. The number of unbranched alkanes of at least 4 members (excludes halogenated alkanes) is 1. The highest BCUT2D eigenvalue weighted by atomic mass is 16.4. The number of hydrogen-bond acceptors (Lipinski definition) is 7. The predicted octanol–water partition coefficient (Wildman–Crippen LogP) is 0.617. The summed E-state index contributed by atoms with van der Waals surface area (Å²) in [5.41, 5.74) is 13.0. The fourth-order valence-electron chi connectivity index (χ4n) is 4.34. The first kappa shape index (κ1) is 33.2. The fraction of sp³-hybridized carbons (Fsp3) is 0.536. The molecule has 0 aliphatic heterocycles. The number of carbonyl (C=O) groups excluding carboxylic acids is 3. The molecule has 41 heavy (non-hydrogen) atoms. The maximum Gasteiger partial charge on any atom is 0.326 e. The Balaban J connectivity index is 2.33. The minimum atomic E-state index is -1.29. The maximum absolute atomic E-state index is 13.4. The molecular weight excluding hydrogens is 532 g/mol. The van der Waals surface area contributed by atoms with Gasteiger partial charge in [0.1, 0.15) is 18.1 Å². The Morgan fingerprint density at radius 2 is 1.54 bits per heavy atom. The number of amides is 3.